The molecule has 7 heteroatoms. The SMILES string of the molecule is CCCCN.CCO[Si](O)(O)O.O. The Morgan fingerprint density at radius 3 is 1.69 bits per heavy atom. The Morgan fingerprint density at radius 2 is 1.69 bits per heavy atom. The van der Waals surface area contributed by atoms with E-state index in [9.17, 15) is 0 Å². The molecular weight excluding hydrogens is 194 g/mol. The quantitative estimate of drug-likeness (QED) is 0.418. The summed E-state index contributed by atoms with van der Waals surface area (Å²) in [6.07, 6.45) is 2.39. The number of unbranched alkanes of at least 4 members (excludes halogenated alkanes) is 1. The second-order valence-electron chi connectivity index (χ2n) is 2.15. The number of hydrogen-bond acceptors (Lipinski definition) is 5. The maximum atomic E-state index is 8.05. The highest BCUT2D eigenvalue weighted by atomic mass is 28.4. The van der Waals surface area contributed by atoms with E-state index >= 15 is 0 Å². The molecule has 0 rings (SSSR count). The van der Waals surface area contributed by atoms with E-state index in [-0.39, 0.29) is 12.1 Å². The van der Waals surface area contributed by atoms with E-state index in [4.69, 9.17) is 20.1 Å². The predicted octanol–water partition coefficient (Wildman–Crippen LogP) is -1.64. The molecule has 0 aliphatic heterocycles. The first-order chi connectivity index (χ1) is 5.47. The maximum absolute atomic E-state index is 8.05. The van der Waals surface area contributed by atoms with Crippen LogP contribution in [0.5, 0.6) is 0 Å². The van der Waals surface area contributed by atoms with Crippen molar-refractivity contribution in [3.8, 4) is 0 Å². The summed E-state index contributed by atoms with van der Waals surface area (Å²) in [4.78, 5) is 24.1. The van der Waals surface area contributed by atoms with Gasteiger partial charge in [0.1, 0.15) is 0 Å². The van der Waals surface area contributed by atoms with Gasteiger partial charge in [-0.25, -0.2) is 0 Å². The fourth-order valence-corrected chi connectivity index (χ4v) is 0.785. The molecule has 0 aromatic carbocycles. The minimum absolute atomic E-state index is 0. The molecule has 0 radical (unpaired) electrons. The van der Waals surface area contributed by atoms with Gasteiger partial charge in [-0.05, 0) is 19.9 Å². The lowest BCUT2D eigenvalue weighted by molar-refractivity contribution is 0.0687. The summed E-state index contributed by atoms with van der Waals surface area (Å²) in [7, 11) is -4.16. The Kier molecular flexibility index (Phi) is 17.2. The average molecular weight is 215 g/mol. The Morgan fingerprint density at radius 1 is 1.23 bits per heavy atom. The van der Waals surface area contributed by atoms with Crippen LogP contribution < -0.4 is 5.73 Å². The number of rotatable bonds is 4. The summed E-state index contributed by atoms with van der Waals surface area (Å²) >= 11 is 0. The monoisotopic (exact) mass is 215 g/mol. The fourth-order valence-electron chi connectivity index (χ4n) is 0.398. The first-order valence-electron chi connectivity index (χ1n) is 3.99. The zero-order valence-corrected chi connectivity index (χ0v) is 9.16. The van der Waals surface area contributed by atoms with Gasteiger partial charge in [-0.1, -0.05) is 13.3 Å². The summed E-state index contributed by atoms with van der Waals surface area (Å²) in [5, 5.41) is 0. The summed E-state index contributed by atoms with van der Waals surface area (Å²) < 4.78 is 4.03. The van der Waals surface area contributed by atoms with E-state index in [0.717, 1.165) is 6.54 Å². The minimum atomic E-state index is -4.16. The maximum Gasteiger partial charge on any atom is 0.671 e. The Bertz CT molecular complexity index is 85.6. The lowest BCUT2D eigenvalue weighted by Gasteiger charge is -2.05. The van der Waals surface area contributed by atoms with Crippen molar-refractivity contribution in [3.63, 3.8) is 0 Å². The van der Waals surface area contributed by atoms with Crippen molar-refractivity contribution < 1.29 is 24.3 Å². The Hall–Kier alpha value is -0.0231. The third kappa shape index (κ3) is 33.4. The molecule has 0 aliphatic rings. The van der Waals surface area contributed by atoms with Crippen LogP contribution in [-0.2, 0) is 4.43 Å². The summed E-state index contributed by atoms with van der Waals surface area (Å²) in [6.45, 7) is 4.66. The van der Waals surface area contributed by atoms with Gasteiger partial charge in [0.25, 0.3) is 0 Å². The molecule has 7 N–H and O–H groups in total. The average Bonchev–Trinajstić information content (AvgIpc) is 1.87. The van der Waals surface area contributed by atoms with Crippen molar-refractivity contribution in [1.82, 2.24) is 0 Å². The molecule has 0 aromatic heterocycles. The van der Waals surface area contributed by atoms with E-state index in [1.807, 2.05) is 0 Å². The Labute approximate surface area is 79.8 Å². The lowest BCUT2D eigenvalue weighted by Crippen LogP contribution is -2.38. The van der Waals surface area contributed by atoms with Gasteiger partial charge >= 0.3 is 9.05 Å². The molecule has 0 spiro atoms. The van der Waals surface area contributed by atoms with E-state index in [1.165, 1.54) is 12.8 Å². The topological polar surface area (TPSA) is 127 Å². The van der Waals surface area contributed by atoms with Crippen molar-refractivity contribution in [1.29, 1.82) is 0 Å². The van der Waals surface area contributed by atoms with Crippen molar-refractivity contribution in [2.24, 2.45) is 5.73 Å². The van der Waals surface area contributed by atoms with Gasteiger partial charge in [-0.15, -0.1) is 0 Å². The molecule has 6 nitrogen and oxygen atoms in total. The zero-order valence-electron chi connectivity index (χ0n) is 8.16. The van der Waals surface area contributed by atoms with Gasteiger partial charge in [-0.2, -0.15) is 0 Å². The molecular formula is C6H21NO5Si. The third-order valence-corrected chi connectivity index (χ3v) is 1.57. The molecule has 0 heterocycles. The highest BCUT2D eigenvalue weighted by molar-refractivity contribution is 6.48. The molecule has 0 atom stereocenters. The highest BCUT2D eigenvalue weighted by Crippen LogP contribution is 1.85. The Balaban J connectivity index is -0.000000150. The van der Waals surface area contributed by atoms with Gasteiger partial charge in [0.15, 0.2) is 0 Å². The normalized spacial score (nSPS) is 9.69. The minimum Gasteiger partial charge on any atom is -0.412 e. The summed E-state index contributed by atoms with van der Waals surface area (Å²) in [5.74, 6) is 0. The second kappa shape index (κ2) is 12.0. The van der Waals surface area contributed by atoms with Crippen LogP contribution >= 0.6 is 0 Å². The molecule has 0 amide bonds. The van der Waals surface area contributed by atoms with E-state index < -0.39 is 9.05 Å². The van der Waals surface area contributed by atoms with Crippen LogP contribution in [0.15, 0.2) is 0 Å². The van der Waals surface area contributed by atoms with Crippen molar-refractivity contribution >= 4 is 9.05 Å². The van der Waals surface area contributed by atoms with Crippen molar-refractivity contribution in [2.75, 3.05) is 13.2 Å². The predicted molar refractivity (Wildman–Crippen MR) is 51.6 cm³/mol. The first-order valence-corrected chi connectivity index (χ1v) is 5.74. The van der Waals surface area contributed by atoms with E-state index in [1.54, 1.807) is 6.92 Å². The van der Waals surface area contributed by atoms with Crippen LogP contribution in [-0.4, -0.2) is 42.1 Å². The van der Waals surface area contributed by atoms with E-state index in [2.05, 4.69) is 11.3 Å². The summed E-state index contributed by atoms with van der Waals surface area (Å²) in [6, 6.07) is 0. The van der Waals surface area contributed by atoms with Crippen LogP contribution in [0.3, 0.4) is 0 Å². The molecule has 0 saturated carbocycles. The first kappa shape index (κ1) is 18.7. The summed E-state index contributed by atoms with van der Waals surface area (Å²) in [5.41, 5.74) is 5.14. The van der Waals surface area contributed by atoms with Crippen LogP contribution in [0.1, 0.15) is 26.7 Å². The molecule has 0 unspecified atom stereocenters. The third-order valence-electron chi connectivity index (χ3n) is 0.896. The van der Waals surface area contributed by atoms with Gasteiger partial charge in [0.05, 0.1) is 0 Å². The number of hydrogen-bond donors (Lipinski definition) is 4. The molecule has 0 aromatic rings. The van der Waals surface area contributed by atoms with Crippen molar-refractivity contribution in [3.05, 3.63) is 0 Å². The van der Waals surface area contributed by atoms with Gasteiger partial charge in [0, 0.05) is 6.61 Å². The fraction of sp³-hybridized carbons (Fsp3) is 1.00. The smallest absolute Gasteiger partial charge is 0.412 e. The lowest BCUT2D eigenvalue weighted by atomic mass is 10.3. The van der Waals surface area contributed by atoms with Gasteiger partial charge < -0.3 is 30.0 Å². The van der Waals surface area contributed by atoms with Crippen LogP contribution in [0.25, 0.3) is 0 Å². The number of nitrogens with two attached hydrogens (primary N) is 1. The van der Waals surface area contributed by atoms with Crippen LogP contribution in [0.4, 0.5) is 0 Å². The van der Waals surface area contributed by atoms with Gasteiger partial charge in [0.2, 0.25) is 0 Å². The standard InChI is InChI=1S/C4H11N.C2H8O4Si.H2O/c1-2-3-4-5;1-2-6-7(3,4)5;/h2-5H2,1H3;3-5H,2H2,1H3;1H2. The zero-order chi connectivity index (χ0) is 10.0. The molecule has 0 fully saturated rings. The second-order valence-corrected chi connectivity index (χ2v) is 3.59. The molecule has 0 aliphatic carbocycles. The van der Waals surface area contributed by atoms with E-state index in [0.29, 0.717) is 0 Å². The van der Waals surface area contributed by atoms with Gasteiger partial charge in [-0.3, -0.25) is 0 Å². The van der Waals surface area contributed by atoms with Crippen LogP contribution in [0.2, 0.25) is 0 Å². The molecule has 0 saturated heterocycles. The molecule has 13 heavy (non-hydrogen) atoms. The van der Waals surface area contributed by atoms with Crippen LogP contribution in [0, 0.1) is 0 Å². The molecule has 0 bridgehead atoms. The largest absolute Gasteiger partial charge is 0.671 e. The molecule has 84 valence electrons. The highest BCUT2D eigenvalue weighted by Gasteiger charge is 2.28. The van der Waals surface area contributed by atoms with Crippen molar-refractivity contribution in [2.45, 2.75) is 26.7 Å².